The third kappa shape index (κ3) is 4.17. The lowest BCUT2D eigenvalue weighted by molar-refractivity contribution is 0.102. The van der Waals surface area contributed by atoms with Gasteiger partial charge in [-0.1, -0.05) is 35.0 Å². The van der Waals surface area contributed by atoms with Crippen LogP contribution in [0.1, 0.15) is 16.2 Å². The predicted octanol–water partition coefficient (Wildman–Crippen LogP) is 4.39. The number of benzene rings is 2. The average molecular weight is 439 g/mol. The highest BCUT2D eigenvalue weighted by Crippen LogP contribution is 2.34. The number of halogens is 2. The Kier molecular flexibility index (Phi) is 5.50. The summed E-state index contributed by atoms with van der Waals surface area (Å²) in [5, 5.41) is 10.7. The number of aromatic nitrogens is 4. The molecule has 0 saturated heterocycles. The molecule has 4 aromatic rings. The van der Waals surface area contributed by atoms with Gasteiger partial charge in [-0.3, -0.25) is 4.79 Å². The van der Waals surface area contributed by atoms with Crippen molar-refractivity contribution in [1.82, 2.24) is 20.0 Å². The molecular weight excluding hydrogens is 423 g/mol. The zero-order valence-electron chi connectivity index (χ0n) is 16.2. The van der Waals surface area contributed by atoms with E-state index in [1.807, 2.05) is 30.3 Å². The van der Waals surface area contributed by atoms with Crippen LogP contribution in [0, 0.1) is 12.7 Å². The van der Waals surface area contributed by atoms with Gasteiger partial charge < -0.3 is 15.8 Å². The highest BCUT2D eigenvalue weighted by molar-refractivity contribution is 6.34. The van der Waals surface area contributed by atoms with Crippen molar-refractivity contribution in [3.05, 3.63) is 83.0 Å². The molecule has 1 amide bonds. The SMILES string of the molecule is Cc1c(C(=O)Nc2ccc(Oc3ccnc(N)c3Cl)c(F)c2)nnn1-c1ccccc1. The first-order valence-corrected chi connectivity index (χ1v) is 9.48. The molecule has 0 aliphatic carbocycles. The quantitative estimate of drug-likeness (QED) is 0.478. The summed E-state index contributed by atoms with van der Waals surface area (Å²) in [4.78, 5) is 16.4. The number of carbonyl (C=O) groups excluding carboxylic acids is 1. The van der Waals surface area contributed by atoms with Crippen molar-refractivity contribution in [2.75, 3.05) is 11.1 Å². The molecule has 2 heterocycles. The lowest BCUT2D eigenvalue weighted by Crippen LogP contribution is -2.14. The molecule has 0 aliphatic heterocycles. The van der Waals surface area contributed by atoms with Crippen molar-refractivity contribution in [1.29, 1.82) is 0 Å². The van der Waals surface area contributed by atoms with Crippen molar-refractivity contribution in [2.45, 2.75) is 6.92 Å². The number of nitrogens with one attached hydrogen (secondary N) is 1. The Morgan fingerprint density at radius 2 is 1.94 bits per heavy atom. The van der Waals surface area contributed by atoms with E-state index < -0.39 is 11.7 Å². The molecule has 156 valence electrons. The fraction of sp³-hybridized carbons (Fsp3) is 0.0476. The summed E-state index contributed by atoms with van der Waals surface area (Å²) in [7, 11) is 0. The standard InChI is InChI=1S/C21H16ClFN6O2/c1-12-19(27-28-29(12)14-5-3-2-4-6-14)21(30)26-13-7-8-16(15(23)11-13)31-17-9-10-25-20(24)18(17)22/h2-11H,1H3,(H2,24,25)(H,26,30). The predicted molar refractivity (Wildman–Crippen MR) is 114 cm³/mol. The third-order valence-electron chi connectivity index (χ3n) is 4.40. The Hall–Kier alpha value is -3.98. The lowest BCUT2D eigenvalue weighted by atomic mass is 10.2. The minimum atomic E-state index is -0.700. The summed E-state index contributed by atoms with van der Waals surface area (Å²) in [6.45, 7) is 1.73. The van der Waals surface area contributed by atoms with Gasteiger partial charge in [0, 0.05) is 24.0 Å². The van der Waals surface area contributed by atoms with Crippen LogP contribution >= 0.6 is 11.6 Å². The van der Waals surface area contributed by atoms with Gasteiger partial charge in [0.25, 0.3) is 5.91 Å². The molecule has 0 radical (unpaired) electrons. The molecule has 8 nitrogen and oxygen atoms in total. The van der Waals surface area contributed by atoms with Crippen LogP contribution in [0.3, 0.4) is 0 Å². The van der Waals surface area contributed by atoms with Crippen LogP contribution in [-0.4, -0.2) is 25.9 Å². The molecule has 0 spiro atoms. The molecule has 10 heteroatoms. The van der Waals surface area contributed by atoms with E-state index in [4.69, 9.17) is 22.1 Å². The number of amides is 1. The molecule has 0 unspecified atom stereocenters. The van der Waals surface area contributed by atoms with Gasteiger partial charge in [0.2, 0.25) is 0 Å². The number of para-hydroxylation sites is 1. The zero-order chi connectivity index (χ0) is 22.0. The van der Waals surface area contributed by atoms with E-state index in [1.165, 1.54) is 24.4 Å². The topological polar surface area (TPSA) is 108 Å². The molecule has 0 fully saturated rings. The van der Waals surface area contributed by atoms with Crippen molar-refractivity contribution in [3.8, 4) is 17.2 Å². The van der Waals surface area contributed by atoms with E-state index >= 15 is 0 Å². The summed E-state index contributed by atoms with van der Waals surface area (Å²) < 4.78 is 21.6. The van der Waals surface area contributed by atoms with Gasteiger partial charge in [-0.15, -0.1) is 5.10 Å². The van der Waals surface area contributed by atoms with Crippen molar-refractivity contribution in [3.63, 3.8) is 0 Å². The van der Waals surface area contributed by atoms with E-state index in [2.05, 4.69) is 20.6 Å². The lowest BCUT2D eigenvalue weighted by Gasteiger charge is -2.11. The van der Waals surface area contributed by atoms with Crippen LogP contribution in [0.2, 0.25) is 5.02 Å². The van der Waals surface area contributed by atoms with Gasteiger partial charge in [0.05, 0.1) is 11.4 Å². The molecule has 0 atom stereocenters. The van der Waals surface area contributed by atoms with Crippen LogP contribution < -0.4 is 15.8 Å². The number of anilines is 2. The van der Waals surface area contributed by atoms with Crippen molar-refractivity contribution < 1.29 is 13.9 Å². The van der Waals surface area contributed by atoms with Crippen LogP contribution in [0.5, 0.6) is 11.5 Å². The van der Waals surface area contributed by atoms with Gasteiger partial charge in [0.1, 0.15) is 10.8 Å². The first-order chi connectivity index (χ1) is 14.9. The number of pyridine rings is 1. The normalized spacial score (nSPS) is 10.7. The Morgan fingerprint density at radius 3 is 2.68 bits per heavy atom. The highest BCUT2D eigenvalue weighted by Gasteiger charge is 2.18. The smallest absolute Gasteiger partial charge is 0.278 e. The Bertz CT molecular complexity index is 1260. The molecule has 2 aromatic carbocycles. The summed E-state index contributed by atoms with van der Waals surface area (Å²) in [5.41, 5.74) is 7.30. The molecule has 3 N–H and O–H groups in total. The molecule has 0 bridgehead atoms. The van der Waals surface area contributed by atoms with Crippen LogP contribution in [0.4, 0.5) is 15.9 Å². The third-order valence-corrected chi connectivity index (χ3v) is 4.78. The highest BCUT2D eigenvalue weighted by atomic mass is 35.5. The van der Waals surface area contributed by atoms with E-state index in [9.17, 15) is 9.18 Å². The number of hydrogen-bond donors (Lipinski definition) is 2. The van der Waals surface area contributed by atoms with Gasteiger partial charge in [-0.25, -0.2) is 14.1 Å². The number of ether oxygens (including phenoxy) is 1. The van der Waals surface area contributed by atoms with Gasteiger partial charge in [-0.05, 0) is 31.2 Å². The maximum Gasteiger partial charge on any atom is 0.278 e. The fourth-order valence-electron chi connectivity index (χ4n) is 2.84. The van der Waals surface area contributed by atoms with Crippen molar-refractivity contribution in [2.24, 2.45) is 0 Å². The second-order valence-corrected chi connectivity index (χ2v) is 6.86. The fourth-order valence-corrected chi connectivity index (χ4v) is 2.99. The van der Waals surface area contributed by atoms with Crippen LogP contribution in [-0.2, 0) is 0 Å². The van der Waals surface area contributed by atoms with E-state index in [0.717, 1.165) is 11.8 Å². The minimum absolute atomic E-state index is 0.0716. The van der Waals surface area contributed by atoms with Crippen molar-refractivity contribution >= 4 is 29.0 Å². The largest absolute Gasteiger partial charge is 0.453 e. The van der Waals surface area contributed by atoms with Crippen LogP contribution in [0.15, 0.2) is 60.8 Å². The Labute approximate surface area is 181 Å². The Morgan fingerprint density at radius 1 is 1.16 bits per heavy atom. The van der Waals surface area contributed by atoms with E-state index in [0.29, 0.717) is 5.69 Å². The van der Waals surface area contributed by atoms with Gasteiger partial charge >= 0.3 is 0 Å². The van der Waals surface area contributed by atoms with Crippen LogP contribution in [0.25, 0.3) is 5.69 Å². The van der Waals surface area contributed by atoms with Gasteiger partial charge in [0.15, 0.2) is 23.0 Å². The van der Waals surface area contributed by atoms with E-state index in [-0.39, 0.29) is 33.7 Å². The molecule has 4 rings (SSSR count). The number of rotatable bonds is 5. The molecule has 2 aromatic heterocycles. The first-order valence-electron chi connectivity index (χ1n) is 9.10. The monoisotopic (exact) mass is 438 g/mol. The van der Waals surface area contributed by atoms with Gasteiger partial charge in [-0.2, -0.15) is 0 Å². The molecule has 0 saturated carbocycles. The number of nitrogen functional groups attached to an aromatic ring is 1. The molecule has 31 heavy (non-hydrogen) atoms. The number of hydrogen-bond acceptors (Lipinski definition) is 6. The number of carbonyl (C=O) groups is 1. The summed E-state index contributed by atoms with van der Waals surface area (Å²) in [5.74, 6) is -1.07. The average Bonchev–Trinajstić information content (AvgIpc) is 3.15. The maximum absolute atomic E-state index is 14.5. The number of nitrogens with two attached hydrogens (primary N) is 1. The second kappa shape index (κ2) is 8.41. The maximum atomic E-state index is 14.5. The molecular formula is C21H16ClFN6O2. The zero-order valence-corrected chi connectivity index (χ0v) is 17.0. The Balaban J connectivity index is 1.51. The number of nitrogens with zero attached hydrogens (tertiary/aromatic N) is 4. The second-order valence-electron chi connectivity index (χ2n) is 6.48. The van der Waals surface area contributed by atoms with E-state index in [1.54, 1.807) is 11.6 Å². The minimum Gasteiger partial charge on any atom is -0.453 e. The summed E-state index contributed by atoms with van der Waals surface area (Å²) in [6, 6.07) is 14.7. The summed E-state index contributed by atoms with van der Waals surface area (Å²) in [6.07, 6.45) is 1.40. The molecule has 0 aliphatic rings. The summed E-state index contributed by atoms with van der Waals surface area (Å²) >= 11 is 6.02. The first kappa shape index (κ1) is 20.3.